The van der Waals surface area contributed by atoms with Crippen molar-refractivity contribution in [1.82, 2.24) is 10.6 Å². The zero-order valence-electron chi connectivity index (χ0n) is 17.7. The van der Waals surface area contributed by atoms with E-state index in [0.717, 1.165) is 25.7 Å². The number of hydrogen-bond donors (Lipinski definition) is 5. The zero-order valence-corrected chi connectivity index (χ0v) is 17.7. The summed E-state index contributed by atoms with van der Waals surface area (Å²) in [5.74, 6) is -0.447. The molecule has 1 heterocycles. The van der Waals surface area contributed by atoms with Crippen LogP contribution >= 0.6 is 0 Å². The Morgan fingerprint density at radius 1 is 1.07 bits per heavy atom. The van der Waals surface area contributed by atoms with Crippen molar-refractivity contribution in [1.29, 1.82) is 0 Å². The van der Waals surface area contributed by atoms with Gasteiger partial charge in [-0.05, 0) is 38.0 Å². The number of amides is 2. The lowest BCUT2D eigenvalue weighted by Crippen LogP contribution is -2.55. The third kappa shape index (κ3) is 7.50. The molecule has 1 aliphatic heterocycles. The van der Waals surface area contributed by atoms with E-state index >= 15 is 0 Å². The molecule has 2 amide bonds. The van der Waals surface area contributed by atoms with Crippen LogP contribution in [0, 0.1) is 5.92 Å². The first-order chi connectivity index (χ1) is 14.4. The fourth-order valence-electron chi connectivity index (χ4n) is 3.95. The maximum absolute atomic E-state index is 12.5. The van der Waals surface area contributed by atoms with Gasteiger partial charge in [0.2, 0.25) is 5.91 Å². The molecule has 0 bridgehead atoms. The quantitative estimate of drug-likeness (QED) is 0.344. The first-order valence-electron chi connectivity index (χ1n) is 10.9. The van der Waals surface area contributed by atoms with E-state index in [9.17, 15) is 24.9 Å². The lowest BCUT2D eigenvalue weighted by atomic mass is 9.89. The van der Waals surface area contributed by atoms with E-state index in [2.05, 4.69) is 16.7 Å². The minimum Gasteiger partial charge on any atom is -0.387 e. The normalized spacial score (nSPS) is 25.5. The molecule has 2 rings (SSSR count). The van der Waals surface area contributed by atoms with Crippen LogP contribution in [-0.4, -0.2) is 71.2 Å². The van der Waals surface area contributed by atoms with E-state index in [1.807, 2.05) is 6.08 Å². The van der Waals surface area contributed by atoms with Crippen molar-refractivity contribution >= 4 is 11.8 Å². The number of hydrogen-bond acceptors (Lipinski definition) is 6. The van der Waals surface area contributed by atoms with Crippen LogP contribution in [0.1, 0.15) is 51.4 Å². The number of ether oxygens (including phenoxy) is 1. The molecule has 1 saturated carbocycles. The molecule has 5 N–H and O–H groups in total. The topological polar surface area (TPSA) is 128 Å². The standard InChI is InChI=1S/C22H36N2O6/c1-30-20(22(29)24-16-12-7-8-14-23-21(16)28)19(27)18(26)17(25)13-6-5-11-15-9-3-2-4-10-15/h5-6,11,13,15-20,25-27H,2-4,7-10,12,14H2,1H3,(H,23,28)(H,24,29)/b11-5+,13-6+/t16-,17+,18-,19+,20+/m0/s1. The molecule has 0 radical (unpaired) electrons. The Morgan fingerprint density at radius 3 is 2.47 bits per heavy atom. The molecule has 5 atom stereocenters. The Bertz CT molecular complexity index is 602. The monoisotopic (exact) mass is 424 g/mol. The highest BCUT2D eigenvalue weighted by atomic mass is 16.5. The predicted molar refractivity (Wildman–Crippen MR) is 112 cm³/mol. The second kappa shape index (κ2) is 12.8. The second-order valence-electron chi connectivity index (χ2n) is 8.14. The third-order valence-corrected chi connectivity index (χ3v) is 5.83. The highest BCUT2D eigenvalue weighted by Gasteiger charge is 2.36. The van der Waals surface area contributed by atoms with Gasteiger partial charge in [0.1, 0.15) is 24.4 Å². The predicted octanol–water partition coefficient (Wildman–Crippen LogP) is 0.562. The number of rotatable bonds is 9. The van der Waals surface area contributed by atoms with E-state index in [0.29, 0.717) is 18.9 Å². The summed E-state index contributed by atoms with van der Waals surface area (Å²) in [6, 6.07) is -0.711. The van der Waals surface area contributed by atoms with Crippen molar-refractivity contribution in [3.8, 4) is 0 Å². The van der Waals surface area contributed by atoms with Crippen LogP contribution in [0.3, 0.4) is 0 Å². The summed E-state index contributed by atoms with van der Waals surface area (Å²) in [5.41, 5.74) is 0. The second-order valence-corrected chi connectivity index (χ2v) is 8.14. The number of carbonyl (C=O) groups excluding carboxylic acids is 2. The largest absolute Gasteiger partial charge is 0.387 e. The van der Waals surface area contributed by atoms with Gasteiger partial charge >= 0.3 is 0 Å². The zero-order chi connectivity index (χ0) is 21.9. The summed E-state index contributed by atoms with van der Waals surface area (Å²) < 4.78 is 5.06. The average Bonchev–Trinajstić information content (AvgIpc) is 2.95. The van der Waals surface area contributed by atoms with Crippen LogP contribution in [0.25, 0.3) is 0 Å². The van der Waals surface area contributed by atoms with Crippen LogP contribution in [0.4, 0.5) is 0 Å². The summed E-state index contributed by atoms with van der Waals surface area (Å²) >= 11 is 0. The highest BCUT2D eigenvalue weighted by molar-refractivity contribution is 5.89. The first kappa shape index (κ1) is 24.5. The van der Waals surface area contributed by atoms with Gasteiger partial charge in [-0.2, -0.15) is 0 Å². The van der Waals surface area contributed by atoms with Crippen molar-refractivity contribution in [3.63, 3.8) is 0 Å². The summed E-state index contributed by atoms with van der Waals surface area (Å²) in [6.07, 6.45) is 9.04. The lowest BCUT2D eigenvalue weighted by Gasteiger charge is -2.28. The molecule has 0 spiro atoms. The molecule has 0 aromatic heterocycles. The maximum Gasteiger partial charge on any atom is 0.252 e. The van der Waals surface area contributed by atoms with Crippen LogP contribution in [0.5, 0.6) is 0 Å². The molecule has 170 valence electrons. The molecule has 0 aromatic rings. The molecule has 1 saturated heterocycles. The van der Waals surface area contributed by atoms with Gasteiger partial charge < -0.3 is 30.7 Å². The van der Waals surface area contributed by atoms with Crippen molar-refractivity contribution in [2.45, 2.75) is 81.8 Å². The van der Waals surface area contributed by atoms with Gasteiger partial charge in [0.15, 0.2) is 6.10 Å². The SMILES string of the molecule is CO[C@@H](C(=O)N[C@H]1CCCCNC1=O)[C@H](O)[C@@H](O)[C@H](O)/C=C/C=C/C1CCCCC1. The summed E-state index contributed by atoms with van der Waals surface area (Å²) in [4.78, 5) is 24.5. The van der Waals surface area contributed by atoms with E-state index in [-0.39, 0.29) is 5.91 Å². The number of methoxy groups -OCH3 is 1. The number of aliphatic hydroxyl groups is 3. The van der Waals surface area contributed by atoms with Gasteiger partial charge in [0.25, 0.3) is 5.91 Å². The van der Waals surface area contributed by atoms with Gasteiger partial charge in [-0.25, -0.2) is 0 Å². The molecule has 2 fully saturated rings. The Labute approximate surface area is 178 Å². The van der Waals surface area contributed by atoms with Gasteiger partial charge in [-0.15, -0.1) is 0 Å². The van der Waals surface area contributed by atoms with Crippen LogP contribution in [-0.2, 0) is 14.3 Å². The van der Waals surface area contributed by atoms with E-state index in [1.165, 1.54) is 32.4 Å². The molecule has 8 nitrogen and oxygen atoms in total. The smallest absolute Gasteiger partial charge is 0.252 e. The highest BCUT2D eigenvalue weighted by Crippen LogP contribution is 2.24. The van der Waals surface area contributed by atoms with Gasteiger partial charge in [-0.1, -0.05) is 43.6 Å². The Hall–Kier alpha value is -1.74. The summed E-state index contributed by atoms with van der Waals surface area (Å²) in [6.45, 7) is 0.563. The fraction of sp³-hybridized carbons (Fsp3) is 0.727. The van der Waals surface area contributed by atoms with Gasteiger partial charge in [0.05, 0.1) is 0 Å². The van der Waals surface area contributed by atoms with Crippen LogP contribution in [0.2, 0.25) is 0 Å². The van der Waals surface area contributed by atoms with Gasteiger partial charge in [-0.3, -0.25) is 9.59 Å². The first-order valence-corrected chi connectivity index (χ1v) is 10.9. The van der Waals surface area contributed by atoms with Crippen LogP contribution < -0.4 is 10.6 Å². The minimum absolute atomic E-state index is 0.279. The Morgan fingerprint density at radius 2 is 1.77 bits per heavy atom. The fourth-order valence-corrected chi connectivity index (χ4v) is 3.95. The lowest BCUT2D eigenvalue weighted by molar-refractivity contribution is -0.150. The third-order valence-electron chi connectivity index (χ3n) is 5.83. The Balaban J connectivity index is 1.88. The Kier molecular flexibility index (Phi) is 10.5. The molecule has 1 aliphatic carbocycles. The molecule has 8 heteroatoms. The maximum atomic E-state index is 12.5. The summed E-state index contributed by atoms with van der Waals surface area (Å²) in [7, 11) is 1.22. The summed E-state index contributed by atoms with van der Waals surface area (Å²) in [5, 5.41) is 36.1. The number of carbonyl (C=O) groups is 2. The number of allylic oxidation sites excluding steroid dienone is 3. The van der Waals surface area contributed by atoms with E-state index in [4.69, 9.17) is 4.74 Å². The number of aliphatic hydroxyl groups excluding tert-OH is 3. The van der Waals surface area contributed by atoms with Crippen LogP contribution in [0.15, 0.2) is 24.3 Å². The molecular weight excluding hydrogens is 388 g/mol. The van der Waals surface area contributed by atoms with E-state index < -0.39 is 36.4 Å². The average molecular weight is 425 g/mol. The molecular formula is C22H36N2O6. The van der Waals surface area contributed by atoms with E-state index in [1.54, 1.807) is 6.08 Å². The van der Waals surface area contributed by atoms with Gasteiger partial charge in [0, 0.05) is 13.7 Å². The molecule has 30 heavy (non-hydrogen) atoms. The van der Waals surface area contributed by atoms with Crippen molar-refractivity contribution in [2.75, 3.05) is 13.7 Å². The molecule has 2 aliphatic rings. The molecule has 0 unspecified atom stereocenters. The number of nitrogens with one attached hydrogen (secondary N) is 2. The minimum atomic E-state index is -1.66. The van der Waals surface area contributed by atoms with Crippen molar-refractivity contribution in [3.05, 3.63) is 24.3 Å². The van der Waals surface area contributed by atoms with Crippen molar-refractivity contribution < 1.29 is 29.6 Å². The van der Waals surface area contributed by atoms with Crippen molar-refractivity contribution in [2.24, 2.45) is 5.92 Å². The molecule has 0 aromatic carbocycles.